The standard InChI is InChI=1S/C17H16O2/c1-19-13-12-16(18)17(14-8-4-2-5-9-14)15-10-6-3-7-11-15/h2-11,16-18H,1H3. The Hall–Kier alpha value is -2.24. The summed E-state index contributed by atoms with van der Waals surface area (Å²) in [6.45, 7) is 0. The molecular weight excluding hydrogens is 236 g/mol. The molecule has 0 aliphatic rings. The summed E-state index contributed by atoms with van der Waals surface area (Å²) in [4.78, 5) is 0. The zero-order valence-corrected chi connectivity index (χ0v) is 10.8. The molecule has 0 aliphatic heterocycles. The lowest BCUT2D eigenvalue weighted by molar-refractivity contribution is 0.212. The van der Waals surface area contributed by atoms with E-state index >= 15 is 0 Å². The van der Waals surface area contributed by atoms with E-state index in [2.05, 4.69) is 12.0 Å². The fraction of sp³-hybridized carbons (Fsp3) is 0.176. The predicted octanol–water partition coefficient (Wildman–Crippen LogP) is 2.79. The molecule has 2 heteroatoms. The van der Waals surface area contributed by atoms with Crippen molar-refractivity contribution >= 4 is 0 Å². The summed E-state index contributed by atoms with van der Waals surface area (Å²) >= 11 is 0. The van der Waals surface area contributed by atoms with Crippen LogP contribution < -0.4 is 0 Å². The van der Waals surface area contributed by atoms with Crippen LogP contribution in [0.4, 0.5) is 0 Å². The van der Waals surface area contributed by atoms with Crippen molar-refractivity contribution in [3.8, 4) is 12.0 Å². The minimum Gasteiger partial charge on any atom is -0.450 e. The van der Waals surface area contributed by atoms with E-state index in [-0.39, 0.29) is 5.92 Å². The van der Waals surface area contributed by atoms with Gasteiger partial charge in [0, 0.05) is 5.92 Å². The predicted molar refractivity (Wildman–Crippen MR) is 75.5 cm³/mol. The first kappa shape index (κ1) is 13.2. The van der Waals surface area contributed by atoms with E-state index in [1.165, 1.54) is 7.11 Å². The van der Waals surface area contributed by atoms with Gasteiger partial charge in [0.15, 0.2) is 0 Å². The highest BCUT2D eigenvalue weighted by molar-refractivity contribution is 5.36. The van der Waals surface area contributed by atoms with Crippen LogP contribution in [-0.4, -0.2) is 18.3 Å². The van der Waals surface area contributed by atoms with Crippen LogP contribution >= 0.6 is 0 Å². The second kappa shape index (κ2) is 6.63. The summed E-state index contributed by atoms with van der Waals surface area (Å²) in [6.07, 6.45) is 1.67. The summed E-state index contributed by atoms with van der Waals surface area (Å²) in [5.41, 5.74) is 2.07. The maximum absolute atomic E-state index is 10.3. The van der Waals surface area contributed by atoms with E-state index in [0.717, 1.165) is 11.1 Å². The zero-order valence-electron chi connectivity index (χ0n) is 10.8. The highest BCUT2D eigenvalue weighted by atomic mass is 16.5. The normalized spacial score (nSPS) is 11.5. The van der Waals surface area contributed by atoms with Gasteiger partial charge in [0.05, 0.1) is 7.11 Å². The van der Waals surface area contributed by atoms with Crippen molar-refractivity contribution in [3.05, 3.63) is 71.8 Å². The molecule has 0 spiro atoms. The van der Waals surface area contributed by atoms with E-state index < -0.39 is 6.10 Å². The van der Waals surface area contributed by atoms with E-state index in [1.807, 2.05) is 60.7 Å². The van der Waals surface area contributed by atoms with Crippen LogP contribution in [0.5, 0.6) is 0 Å². The number of ether oxygens (including phenoxy) is 1. The van der Waals surface area contributed by atoms with Crippen LogP contribution in [-0.2, 0) is 4.74 Å². The second-order valence-electron chi connectivity index (χ2n) is 4.19. The molecule has 0 fully saturated rings. The Labute approximate surface area is 113 Å². The van der Waals surface area contributed by atoms with Crippen LogP contribution in [0, 0.1) is 12.0 Å². The van der Waals surface area contributed by atoms with Gasteiger partial charge in [-0.2, -0.15) is 0 Å². The molecule has 2 nitrogen and oxygen atoms in total. The van der Waals surface area contributed by atoms with E-state index in [0.29, 0.717) is 0 Å². The fourth-order valence-corrected chi connectivity index (χ4v) is 2.08. The number of hydrogen-bond acceptors (Lipinski definition) is 2. The maximum Gasteiger partial charge on any atom is 0.129 e. The van der Waals surface area contributed by atoms with Gasteiger partial charge in [0.25, 0.3) is 0 Å². The van der Waals surface area contributed by atoms with Gasteiger partial charge in [0.1, 0.15) is 12.2 Å². The lowest BCUT2D eigenvalue weighted by Crippen LogP contribution is -2.18. The van der Waals surface area contributed by atoms with Crippen molar-refractivity contribution in [2.75, 3.05) is 7.11 Å². The molecule has 19 heavy (non-hydrogen) atoms. The summed E-state index contributed by atoms with van der Waals surface area (Å²) in [6, 6.07) is 19.7. The molecule has 96 valence electrons. The first-order chi connectivity index (χ1) is 9.33. The quantitative estimate of drug-likeness (QED) is 0.851. The number of methoxy groups -OCH3 is 1. The molecule has 0 aliphatic carbocycles. The molecule has 2 aromatic rings. The molecule has 0 heterocycles. The molecule has 1 N–H and O–H groups in total. The molecule has 0 amide bonds. The van der Waals surface area contributed by atoms with Crippen LogP contribution in [0.1, 0.15) is 17.0 Å². The van der Waals surface area contributed by atoms with Gasteiger partial charge in [-0.3, -0.25) is 0 Å². The number of aliphatic hydroxyl groups is 1. The van der Waals surface area contributed by atoms with Crippen molar-refractivity contribution in [1.29, 1.82) is 0 Å². The number of benzene rings is 2. The van der Waals surface area contributed by atoms with E-state index in [9.17, 15) is 5.11 Å². The van der Waals surface area contributed by atoms with Gasteiger partial charge in [-0.1, -0.05) is 60.7 Å². The molecule has 0 radical (unpaired) electrons. The highest BCUT2D eigenvalue weighted by Crippen LogP contribution is 2.27. The molecule has 0 aromatic heterocycles. The number of aliphatic hydroxyl groups excluding tert-OH is 1. The Morgan fingerprint density at radius 2 is 1.37 bits per heavy atom. The van der Waals surface area contributed by atoms with Gasteiger partial charge < -0.3 is 9.84 Å². The SMILES string of the molecule is COC#CC(O)C(c1ccccc1)c1ccccc1. The largest absolute Gasteiger partial charge is 0.450 e. The van der Waals surface area contributed by atoms with Crippen molar-refractivity contribution in [2.45, 2.75) is 12.0 Å². The van der Waals surface area contributed by atoms with E-state index in [4.69, 9.17) is 4.74 Å². The number of hydrogen-bond donors (Lipinski definition) is 1. The molecule has 0 saturated heterocycles. The molecule has 2 aromatic carbocycles. The molecule has 1 atom stereocenters. The monoisotopic (exact) mass is 252 g/mol. The summed E-state index contributed by atoms with van der Waals surface area (Å²) < 4.78 is 4.71. The van der Waals surface area contributed by atoms with Gasteiger partial charge in [-0.25, -0.2) is 0 Å². The zero-order chi connectivity index (χ0) is 13.5. The number of rotatable bonds is 3. The fourth-order valence-electron chi connectivity index (χ4n) is 2.08. The van der Waals surface area contributed by atoms with E-state index in [1.54, 1.807) is 0 Å². The average molecular weight is 252 g/mol. The van der Waals surface area contributed by atoms with Crippen LogP contribution in [0.15, 0.2) is 60.7 Å². The van der Waals surface area contributed by atoms with Gasteiger partial charge in [-0.05, 0) is 17.0 Å². The van der Waals surface area contributed by atoms with Crippen molar-refractivity contribution in [3.63, 3.8) is 0 Å². The van der Waals surface area contributed by atoms with Crippen LogP contribution in [0.3, 0.4) is 0 Å². The minimum atomic E-state index is -0.801. The van der Waals surface area contributed by atoms with Gasteiger partial charge >= 0.3 is 0 Å². The van der Waals surface area contributed by atoms with Crippen LogP contribution in [0.2, 0.25) is 0 Å². The highest BCUT2D eigenvalue weighted by Gasteiger charge is 2.21. The third-order valence-corrected chi connectivity index (χ3v) is 2.94. The van der Waals surface area contributed by atoms with Gasteiger partial charge in [-0.15, -0.1) is 0 Å². The Morgan fingerprint density at radius 1 is 0.895 bits per heavy atom. The Bertz CT molecular complexity index is 513. The third kappa shape index (κ3) is 3.37. The topological polar surface area (TPSA) is 29.5 Å². The molecule has 2 rings (SSSR count). The third-order valence-electron chi connectivity index (χ3n) is 2.94. The van der Waals surface area contributed by atoms with Crippen molar-refractivity contribution in [2.24, 2.45) is 0 Å². The first-order valence-electron chi connectivity index (χ1n) is 6.14. The first-order valence-corrected chi connectivity index (χ1v) is 6.14. The smallest absolute Gasteiger partial charge is 0.129 e. The molecule has 1 unspecified atom stereocenters. The Kier molecular flexibility index (Phi) is 4.60. The van der Waals surface area contributed by atoms with Crippen LogP contribution in [0.25, 0.3) is 0 Å². The Balaban J connectivity index is 2.40. The second-order valence-corrected chi connectivity index (χ2v) is 4.19. The summed E-state index contributed by atoms with van der Waals surface area (Å²) in [5.74, 6) is 2.54. The van der Waals surface area contributed by atoms with Crippen molar-refractivity contribution in [1.82, 2.24) is 0 Å². The average Bonchev–Trinajstić information content (AvgIpc) is 2.47. The molecule has 0 bridgehead atoms. The van der Waals surface area contributed by atoms with Crippen molar-refractivity contribution < 1.29 is 9.84 Å². The van der Waals surface area contributed by atoms with Gasteiger partial charge in [0.2, 0.25) is 0 Å². The summed E-state index contributed by atoms with van der Waals surface area (Å²) in [7, 11) is 1.49. The molecular formula is C17H16O2. The minimum absolute atomic E-state index is 0.176. The lowest BCUT2D eigenvalue weighted by atomic mass is 9.87. The summed E-state index contributed by atoms with van der Waals surface area (Å²) in [5, 5.41) is 10.3. The Morgan fingerprint density at radius 3 is 1.79 bits per heavy atom. The lowest BCUT2D eigenvalue weighted by Gasteiger charge is -2.20. The maximum atomic E-state index is 10.3. The molecule has 0 saturated carbocycles.